The van der Waals surface area contributed by atoms with Gasteiger partial charge in [0.05, 0.1) is 12.1 Å². The second-order valence-corrected chi connectivity index (χ2v) is 6.90. The summed E-state index contributed by atoms with van der Waals surface area (Å²) in [5.74, 6) is 1.15. The van der Waals surface area contributed by atoms with Crippen molar-refractivity contribution in [1.29, 1.82) is 0 Å². The number of nitrogens with zero attached hydrogens (tertiary/aromatic N) is 1. The first-order valence-corrected chi connectivity index (χ1v) is 8.63. The number of amides is 1. The van der Waals surface area contributed by atoms with Gasteiger partial charge in [-0.05, 0) is 43.9 Å². The number of carbonyl (C=O) groups is 1. The number of carbonyl (C=O) groups excluding carboxylic acids is 1. The van der Waals surface area contributed by atoms with Crippen LogP contribution in [0.15, 0.2) is 0 Å². The van der Waals surface area contributed by atoms with Crippen molar-refractivity contribution in [2.45, 2.75) is 71.8 Å². The Bertz CT molecular complexity index is 310. The van der Waals surface area contributed by atoms with Gasteiger partial charge >= 0.3 is 6.09 Å². The lowest BCUT2D eigenvalue weighted by Crippen LogP contribution is -2.58. The van der Waals surface area contributed by atoms with Crippen molar-refractivity contribution in [3.63, 3.8) is 0 Å². The van der Waals surface area contributed by atoms with Crippen LogP contribution in [0.5, 0.6) is 0 Å². The van der Waals surface area contributed by atoms with E-state index in [1.807, 2.05) is 4.90 Å². The Morgan fingerprint density at radius 3 is 2.38 bits per heavy atom. The molecule has 0 radical (unpaired) electrons. The van der Waals surface area contributed by atoms with Gasteiger partial charge in [0.15, 0.2) is 0 Å². The molecule has 0 aromatic carbocycles. The van der Waals surface area contributed by atoms with Gasteiger partial charge in [-0.2, -0.15) is 0 Å². The van der Waals surface area contributed by atoms with E-state index in [1.54, 1.807) is 0 Å². The summed E-state index contributed by atoms with van der Waals surface area (Å²) in [7, 11) is 0. The molecule has 0 unspecified atom stereocenters. The van der Waals surface area contributed by atoms with Crippen molar-refractivity contribution >= 4 is 6.09 Å². The molecule has 1 aliphatic rings. The van der Waals surface area contributed by atoms with Crippen molar-refractivity contribution in [3.8, 4) is 0 Å². The molecule has 0 saturated heterocycles. The maximum absolute atomic E-state index is 12.5. The van der Waals surface area contributed by atoms with Crippen molar-refractivity contribution < 1.29 is 9.53 Å². The maximum atomic E-state index is 12.5. The van der Waals surface area contributed by atoms with Crippen LogP contribution in [0.25, 0.3) is 0 Å². The van der Waals surface area contributed by atoms with Crippen molar-refractivity contribution in [1.82, 2.24) is 4.90 Å². The third kappa shape index (κ3) is 4.87. The number of rotatable bonds is 7. The summed E-state index contributed by atoms with van der Waals surface area (Å²) in [6.45, 7) is 10.2. The second-order valence-electron chi connectivity index (χ2n) is 6.90. The van der Waals surface area contributed by atoms with Crippen molar-refractivity contribution in [2.75, 3.05) is 19.7 Å². The van der Waals surface area contributed by atoms with Gasteiger partial charge in [0, 0.05) is 13.1 Å². The summed E-state index contributed by atoms with van der Waals surface area (Å²) in [6.07, 6.45) is 6.36. The molecule has 1 aliphatic carbocycles. The molecule has 0 atom stereocenters. The quantitative estimate of drug-likeness (QED) is 0.778. The molecule has 21 heavy (non-hydrogen) atoms. The maximum Gasteiger partial charge on any atom is 0.410 e. The first-order chi connectivity index (χ1) is 9.99. The molecule has 0 bridgehead atoms. The third-order valence-electron chi connectivity index (χ3n) is 4.77. The van der Waals surface area contributed by atoms with Crippen LogP contribution in [0.3, 0.4) is 0 Å². The highest BCUT2D eigenvalue weighted by molar-refractivity contribution is 5.69. The van der Waals surface area contributed by atoms with Crippen LogP contribution < -0.4 is 5.73 Å². The van der Waals surface area contributed by atoms with E-state index < -0.39 is 0 Å². The summed E-state index contributed by atoms with van der Waals surface area (Å²) in [5, 5.41) is 0. The van der Waals surface area contributed by atoms with E-state index >= 15 is 0 Å². The lowest BCUT2D eigenvalue weighted by molar-refractivity contribution is 0.0207. The van der Waals surface area contributed by atoms with E-state index in [0.29, 0.717) is 19.1 Å². The molecular formula is C17H34N2O2. The Hall–Kier alpha value is -0.770. The molecule has 4 heteroatoms. The number of hydrogen-bond acceptors (Lipinski definition) is 3. The zero-order valence-electron chi connectivity index (χ0n) is 14.4. The van der Waals surface area contributed by atoms with Gasteiger partial charge in [0.1, 0.15) is 0 Å². The van der Waals surface area contributed by atoms with Crippen LogP contribution >= 0.6 is 0 Å². The number of ether oxygens (including phenoxy) is 1. The summed E-state index contributed by atoms with van der Waals surface area (Å²) < 4.78 is 5.48. The molecule has 2 N–H and O–H groups in total. The molecular weight excluding hydrogens is 264 g/mol. The lowest BCUT2D eigenvalue weighted by Gasteiger charge is -2.47. The first kappa shape index (κ1) is 18.3. The predicted octanol–water partition coefficient (Wildman–Crippen LogP) is 3.79. The second kappa shape index (κ2) is 8.62. The molecule has 0 aromatic rings. The van der Waals surface area contributed by atoms with Gasteiger partial charge < -0.3 is 15.4 Å². The molecule has 1 amide bonds. The van der Waals surface area contributed by atoms with E-state index in [9.17, 15) is 4.79 Å². The zero-order valence-corrected chi connectivity index (χ0v) is 14.4. The van der Waals surface area contributed by atoms with Crippen LogP contribution in [-0.4, -0.2) is 36.2 Å². The van der Waals surface area contributed by atoms with Crippen molar-refractivity contribution in [2.24, 2.45) is 17.6 Å². The fraction of sp³-hybridized carbons (Fsp3) is 0.941. The highest BCUT2D eigenvalue weighted by Gasteiger charge is 2.41. The van der Waals surface area contributed by atoms with Crippen LogP contribution in [-0.2, 0) is 4.74 Å². The minimum absolute atomic E-state index is 0.175. The molecule has 1 fully saturated rings. The molecule has 0 spiro atoms. The number of hydrogen-bond donors (Lipinski definition) is 1. The molecule has 124 valence electrons. The molecule has 1 saturated carbocycles. The Kier molecular flexibility index (Phi) is 7.50. The zero-order chi connectivity index (χ0) is 15.9. The molecule has 0 aromatic heterocycles. The molecule has 4 nitrogen and oxygen atoms in total. The molecule has 1 rings (SSSR count). The topological polar surface area (TPSA) is 55.6 Å². The summed E-state index contributed by atoms with van der Waals surface area (Å²) in [4.78, 5) is 14.4. The SMILES string of the molecule is CCCN(C(=O)OCC(C)C)C1(CN)CCC(CC)CC1. The van der Waals surface area contributed by atoms with Crippen molar-refractivity contribution in [3.05, 3.63) is 0 Å². The van der Waals surface area contributed by atoms with Gasteiger partial charge in [-0.3, -0.25) is 0 Å². The van der Waals surface area contributed by atoms with Crippen LogP contribution in [0.4, 0.5) is 4.79 Å². The van der Waals surface area contributed by atoms with Crippen LogP contribution in [0.2, 0.25) is 0 Å². The van der Waals surface area contributed by atoms with E-state index in [0.717, 1.165) is 31.7 Å². The fourth-order valence-corrected chi connectivity index (χ4v) is 3.27. The normalized spacial score (nSPS) is 25.9. The summed E-state index contributed by atoms with van der Waals surface area (Å²) in [5.41, 5.74) is 5.92. The van der Waals surface area contributed by atoms with E-state index in [2.05, 4.69) is 27.7 Å². The lowest BCUT2D eigenvalue weighted by atomic mass is 9.74. The fourth-order valence-electron chi connectivity index (χ4n) is 3.27. The Morgan fingerprint density at radius 2 is 1.95 bits per heavy atom. The predicted molar refractivity (Wildman–Crippen MR) is 87.2 cm³/mol. The highest BCUT2D eigenvalue weighted by Crippen LogP contribution is 2.37. The minimum Gasteiger partial charge on any atom is -0.449 e. The van der Waals surface area contributed by atoms with E-state index in [4.69, 9.17) is 10.5 Å². The standard InChI is InChI=1S/C17H34N2O2/c1-5-11-19(16(20)21-12-14(3)4)17(13-18)9-7-15(6-2)8-10-17/h14-15H,5-13,18H2,1-4H3. The minimum atomic E-state index is -0.185. The van der Waals surface area contributed by atoms with E-state index in [-0.39, 0.29) is 11.6 Å². The smallest absolute Gasteiger partial charge is 0.410 e. The molecule has 0 heterocycles. The van der Waals surface area contributed by atoms with Crippen LogP contribution in [0.1, 0.15) is 66.2 Å². The van der Waals surface area contributed by atoms with Gasteiger partial charge in [-0.1, -0.05) is 34.1 Å². The average Bonchev–Trinajstić information content (AvgIpc) is 2.50. The average molecular weight is 298 g/mol. The highest BCUT2D eigenvalue weighted by atomic mass is 16.6. The number of nitrogens with two attached hydrogens (primary N) is 1. The van der Waals surface area contributed by atoms with Gasteiger partial charge in [0.25, 0.3) is 0 Å². The Labute approximate surface area is 130 Å². The summed E-state index contributed by atoms with van der Waals surface area (Å²) >= 11 is 0. The molecule has 0 aliphatic heterocycles. The Balaban J connectivity index is 2.77. The monoisotopic (exact) mass is 298 g/mol. The van der Waals surface area contributed by atoms with Crippen LogP contribution in [0, 0.1) is 11.8 Å². The third-order valence-corrected chi connectivity index (χ3v) is 4.77. The van der Waals surface area contributed by atoms with Gasteiger partial charge in [0.2, 0.25) is 0 Å². The van der Waals surface area contributed by atoms with E-state index in [1.165, 1.54) is 19.3 Å². The van der Waals surface area contributed by atoms with Gasteiger partial charge in [-0.15, -0.1) is 0 Å². The Morgan fingerprint density at radius 1 is 1.33 bits per heavy atom. The first-order valence-electron chi connectivity index (χ1n) is 8.63. The summed E-state index contributed by atoms with van der Waals surface area (Å²) in [6, 6.07) is 0. The van der Waals surface area contributed by atoms with Gasteiger partial charge in [-0.25, -0.2) is 4.79 Å². The largest absolute Gasteiger partial charge is 0.449 e.